The first-order chi connectivity index (χ1) is 9.78. The van der Waals surface area contributed by atoms with Gasteiger partial charge in [-0.15, -0.1) is 11.8 Å². The summed E-state index contributed by atoms with van der Waals surface area (Å²) < 4.78 is 5.28. The molecule has 20 heavy (non-hydrogen) atoms. The predicted molar refractivity (Wildman–Crippen MR) is 82.5 cm³/mol. The summed E-state index contributed by atoms with van der Waals surface area (Å²) in [5.41, 5.74) is 0.812. The summed E-state index contributed by atoms with van der Waals surface area (Å²) in [6.07, 6.45) is 2.03. The molecule has 2 amide bonds. The maximum absolute atomic E-state index is 11.7. The number of urea groups is 1. The SMILES string of the molecule is CSc1ccc(NC(=O)NCCN2CCOCC2)cc1. The number of hydrogen-bond donors (Lipinski definition) is 2. The Kier molecular flexibility index (Phi) is 6.17. The second-order valence-electron chi connectivity index (χ2n) is 4.56. The normalized spacial score (nSPS) is 15.8. The molecule has 2 N–H and O–H groups in total. The van der Waals surface area contributed by atoms with E-state index >= 15 is 0 Å². The van der Waals surface area contributed by atoms with E-state index < -0.39 is 0 Å². The average Bonchev–Trinajstić information content (AvgIpc) is 2.49. The Morgan fingerprint density at radius 2 is 2.00 bits per heavy atom. The third-order valence-electron chi connectivity index (χ3n) is 3.17. The van der Waals surface area contributed by atoms with Crippen molar-refractivity contribution in [2.24, 2.45) is 0 Å². The second kappa shape index (κ2) is 8.14. The van der Waals surface area contributed by atoms with Gasteiger partial charge >= 0.3 is 6.03 Å². The molecule has 1 saturated heterocycles. The van der Waals surface area contributed by atoms with Crippen LogP contribution in [0.25, 0.3) is 0 Å². The third kappa shape index (κ3) is 5.03. The van der Waals surface area contributed by atoms with E-state index in [1.165, 1.54) is 4.90 Å². The number of morpholine rings is 1. The van der Waals surface area contributed by atoms with Crippen LogP contribution in [0.4, 0.5) is 10.5 Å². The molecule has 1 aromatic carbocycles. The Bertz CT molecular complexity index is 419. The molecule has 0 bridgehead atoms. The molecule has 2 rings (SSSR count). The molecule has 1 aromatic rings. The highest BCUT2D eigenvalue weighted by molar-refractivity contribution is 7.98. The van der Waals surface area contributed by atoms with Crippen LogP contribution in [-0.2, 0) is 4.74 Å². The van der Waals surface area contributed by atoms with Gasteiger partial charge in [0.15, 0.2) is 0 Å². The fourth-order valence-corrected chi connectivity index (χ4v) is 2.41. The number of rotatable bonds is 5. The monoisotopic (exact) mass is 295 g/mol. The van der Waals surface area contributed by atoms with E-state index in [9.17, 15) is 4.79 Å². The number of hydrogen-bond acceptors (Lipinski definition) is 4. The fraction of sp³-hybridized carbons (Fsp3) is 0.500. The predicted octanol–water partition coefficient (Wildman–Crippen LogP) is 1.86. The lowest BCUT2D eigenvalue weighted by Crippen LogP contribution is -2.42. The lowest BCUT2D eigenvalue weighted by Gasteiger charge is -2.26. The van der Waals surface area contributed by atoms with Gasteiger partial charge in [-0.1, -0.05) is 0 Å². The van der Waals surface area contributed by atoms with Crippen molar-refractivity contribution >= 4 is 23.5 Å². The van der Waals surface area contributed by atoms with Crippen molar-refractivity contribution in [1.29, 1.82) is 0 Å². The highest BCUT2D eigenvalue weighted by atomic mass is 32.2. The van der Waals surface area contributed by atoms with Crippen molar-refractivity contribution in [3.8, 4) is 0 Å². The van der Waals surface area contributed by atoms with Crippen molar-refractivity contribution in [3.63, 3.8) is 0 Å². The number of nitrogens with one attached hydrogen (secondary N) is 2. The van der Waals surface area contributed by atoms with Crippen LogP contribution in [0.5, 0.6) is 0 Å². The maximum Gasteiger partial charge on any atom is 0.319 e. The van der Waals surface area contributed by atoms with Crippen LogP contribution < -0.4 is 10.6 Å². The smallest absolute Gasteiger partial charge is 0.319 e. The van der Waals surface area contributed by atoms with Crippen LogP contribution in [0.3, 0.4) is 0 Å². The lowest BCUT2D eigenvalue weighted by molar-refractivity contribution is 0.0388. The first-order valence-electron chi connectivity index (χ1n) is 6.77. The highest BCUT2D eigenvalue weighted by Crippen LogP contribution is 2.17. The van der Waals surface area contributed by atoms with Gasteiger partial charge in [-0.2, -0.15) is 0 Å². The van der Waals surface area contributed by atoms with Crippen LogP contribution in [0.2, 0.25) is 0 Å². The summed E-state index contributed by atoms with van der Waals surface area (Å²) in [5.74, 6) is 0. The largest absolute Gasteiger partial charge is 0.379 e. The first kappa shape index (κ1) is 15.2. The molecule has 0 radical (unpaired) electrons. The summed E-state index contributed by atoms with van der Waals surface area (Å²) in [6.45, 7) is 4.97. The Hall–Kier alpha value is -1.24. The van der Waals surface area contributed by atoms with Crippen molar-refractivity contribution < 1.29 is 9.53 Å². The van der Waals surface area contributed by atoms with Gasteiger partial charge in [0.1, 0.15) is 0 Å². The standard InChI is InChI=1S/C14H21N3O2S/c1-20-13-4-2-12(3-5-13)16-14(18)15-6-7-17-8-10-19-11-9-17/h2-5H,6-11H2,1H3,(H2,15,16,18). The summed E-state index contributed by atoms with van der Waals surface area (Å²) >= 11 is 1.68. The van der Waals surface area contributed by atoms with Gasteiger partial charge in [-0.05, 0) is 30.5 Å². The van der Waals surface area contributed by atoms with Gasteiger partial charge in [-0.3, -0.25) is 4.90 Å². The van der Waals surface area contributed by atoms with E-state index in [1.54, 1.807) is 11.8 Å². The molecular weight excluding hydrogens is 274 g/mol. The Balaban J connectivity index is 1.66. The quantitative estimate of drug-likeness (QED) is 0.814. The Labute approximate surface area is 124 Å². The minimum absolute atomic E-state index is 0.157. The minimum atomic E-state index is -0.157. The minimum Gasteiger partial charge on any atom is -0.379 e. The number of nitrogens with zero attached hydrogens (tertiary/aromatic N) is 1. The molecule has 0 spiro atoms. The summed E-state index contributed by atoms with van der Waals surface area (Å²) in [5, 5.41) is 5.70. The van der Waals surface area contributed by atoms with E-state index in [-0.39, 0.29) is 6.03 Å². The zero-order chi connectivity index (χ0) is 14.2. The summed E-state index contributed by atoms with van der Waals surface area (Å²) in [4.78, 5) is 15.2. The van der Waals surface area contributed by atoms with Crippen LogP contribution in [0.15, 0.2) is 29.2 Å². The Morgan fingerprint density at radius 1 is 1.30 bits per heavy atom. The van der Waals surface area contributed by atoms with Gasteiger partial charge < -0.3 is 15.4 Å². The molecule has 1 heterocycles. The molecule has 1 fully saturated rings. The second-order valence-corrected chi connectivity index (χ2v) is 5.44. The molecule has 110 valence electrons. The molecular formula is C14H21N3O2S. The van der Waals surface area contributed by atoms with Gasteiger partial charge in [0.2, 0.25) is 0 Å². The van der Waals surface area contributed by atoms with Crippen molar-refractivity contribution in [2.75, 3.05) is 51.0 Å². The number of carbonyl (C=O) groups excluding carboxylic acids is 1. The van der Waals surface area contributed by atoms with E-state index in [1.807, 2.05) is 30.5 Å². The molecule has 0 atom stereocenters. The molecule has 0 aromatic heterocycles. The first-order valence-corrected chi connectivity index (χ1v) is 7.99. The van der Waals surface area contributed by atoms with Crippen LogP contribution in [-0.4, -0.2) is 56.6 Å². The number of benzene rings is 1. The third-order valence-corrected chi connectivity index (χ3v) is 3.91. The molecule has 0 aliphatic carbocycles. The number of ether oxygens (including phenoxy) is 1. The molecule has 0 unspecified atom stereocenters. The van der Waals surface area contributed by atoms with E-state index in [0.717, 1.165) is 38.5 Å². The summed E-state index contributed by atoms with van der Waals surface area (Å²) in [6, 6.07) is 7.65. The van der Waals surface area contributed by atoms with Gasteiger partial charge in [0.25, 0.3) is 0 Å². The molecule has 0 saturated carbocycles. The maximum atomic E-state index is 11.7. The average molecular weight is 295 g/mol. The fourth-order valence-electron chi connectivity index (χ4n) is 2.00. The van der Waals surface area contributed by atoms with Crippen molar-refractivity contribution in [1.82, 2.24) is 10.2 Å². The Morgan fingerprint density at radius 3 is 2.65 bits per heavy atom. The number of thioether (sulfide) groups is 1. The van der Waals surface area contributed by atoms with Gasteiger partial charge in [-0.25, -0.2) is 4.79 Å². The van der Waals surface area contributed by atoms with E-state index in [4.69, 9.17) is 4.74 Å². The number of amides is 2. The van der Waals surface area contributed by atoms with E-state index in [2.05, 4.69) is 15.5 Å². The van der Waals surface area contributed by atoms with Crippen LogP contribution in [0, 0.1) is 0 Å². The summed E-state index contributed by atoms with van der Waals surface area (Å²) in [7, 11) is 0. The zero-order valence-corrected chi connectivity index (χ0v) is 12.5. The lowest BCUT2D eigenvalue weighted by atomic mass is 10.3. The van der Waals surface area contributed by atoms with Crippen molar-refractivity contribution in [2.45, 2.75) is 4.90 Å². The highest BCUT2D eigenvalue weighted by Gasteiger charge is 2.10. The van der Waals surface area contributed by atoms with Gasteiger partial charge in [0.05, 0.1) is 13.2 Å². The van der Waals surface area contributed by atoms with Crippen molar-refractivity contribution in [3.05, 3.63) is 24.3 Å². The molecule has 1 aliphatic heterocycles. The van der Waals surface area contributed by atoms with E-state index in [0.29, 0.717) is 6.54 Å². The van der Waals surface area contributed by atoms with Crippen LogP contribution >= 0.6 is 11.8 Å². The van der Waals surface area contributed by atoms with Crippen LogP contribution in [0.1, 0.15) is 0 Å². The molecule has 1 aliphatic rings. The molecule has 5 nitrogen and oxygen atoms in total. The van der Waals surface area contributed by atoms with Gasteiger partial charge in [0, 0.05) is 36.8 Å². The molecule has 6 heteroatoms. The zero-order valence-electron chi connectivity index (χ0n) is 11.7. The topological polar surface area (TPSA) is 53.6 Å². The number of carbonyl (C=O) groups is 1. The number of anilines is 1.